The summed E-state index contributed by atoms with van der Waals surface area (Å²) in [5.41, 5.74) is 0. The van der Waals surface area contributed by atoms with Gasteiger partial charge in [-0.05, 0) is 12.3 Å². The molecule has 0 saturated carbocycles. The van der Waals surface area contributed by atoms with Gasteiger partial charge in [0.1, 0.15) is 0 Å². The molecule has 1 aliphatic rings. The third kappa shape index (κ3) is 1.97. The number of likely N-dealkylation sites (tertiary alicyclic amines) is 1. The molecule has 2 atom stereocenters. The van der Waals surface area contributed by atoms with E-state index < -0.39 is 0 Å². The average Bonchev–Trinajstić information content (AvgIpc) is 2.05. The van der Waals surface area contributed by atoms with Gasteiger partial charge in [-0.25, -0.2) is 0 Å². The van der Waals surface area contributed by atoms with E-state index in [1.807, 2.05) is 4.90 Å². The highest BCUT2D eigenvalue weighted by Gasteiger charge is 2.26. The van der Waals surface area contributed by atoms with E-state index in [0.29, 0.717) is 5.92 Å². The fourth-order valence-corrected chi connectivity index (χ4v) is 1.63. The lowest BCUT2D eigenvalue weighted by atomic mass is 9.96. The number of nitrogens with zero attached hydrogens (tertiary/aromatic N) is 1. The van der Waals surface area contributed by atoms with Crippen LogP contribution in [0.25, 0.3) is 0 Å². The van der Waals surface area contributed by atoms with E-state index in [9.17, 15) is 4.79 Å². The summed E-state index contributed by atoms with van der Waals surface area (Å²) >= 11 is 0. The van der Waals surface area contributed by atoms with Crippen LogP contribution in [0.3, 0.4) is 0 Å². The maximum atomic E-state index is 11.0. The van der Waals surface area contributed by atoms with E-state index in [0.717, 1.165) is 19.5 Å². The van der Waals surface area contributed by atoms with Gasteiger partial charge in [0.15, 0.2) is 0 Å². The fraction of sp³-hybridized carbons (Fsp3) is 0.889. The molecule has 70 valence electrons. The fourth-order valence-electron chi connectivity index (χ4n) is 1.63. The molecule has 1 heterocycles. The molecule has 1 aliphatic heterocycles. The van der Waals surface area contributed by atoms with E-state index in [2.05, 4.69) is 6.92 Å². The van der Waals surface area contributed by atoms with E-state index in [-0.39, 0.29) is 12.0 Å². The summed E-state index contributed by atoms with van der Waals surface area (Å²) in [6, 6.07) is 0. The minimum absolute atomic E-state index is 0.156. The van der Waals surface area contributed by atoms with Gasteiger partial charge in [-0.15, -0.1) is 0 Å². The SMILES string of the molecule is COC1CN(C(C)=O)CC[C@H]1C. The molecule has 0 aromatic rings. The summed E-state index contributed by atoms with van der Waals surface area (Å²) in [5.74, 6) is 0.731. The van der Waals surface area contributed by atoms with Crippen LogP contribution in [0.5, 0.6) is 0 Å². The van der Waals surface area contributed by atoms with Gasteiger partial charge in [0, 0.05) is 27.1 Å². The Morgan fingerprint density at radius 1 is 1.58 bits per heavy atom. The molecule has 12 heavy (non-hydrogen) atoms. The Balaban J connectivity index is 2.49. The smallest absolute Gasteiger partial charge is 0.219 e. The molecule has 0 N–H and O–H groups in total. The topological polar surface area (TPSA) is 29.5 Å². The number of piperidine rings is 1. The highest BCUT2D eigenvalue weighted by molar-refractivity contribution is 5.73. The molecular weight excluding hydrogens is 154 g/mol. The monoisotopic (exact) mass is 171 g/mol. The molecule has 0 bridgehead atoms. The molecule has 0 aliphatic carbocycles. The second kappa shape index (κ2) is 3.90. The van der Waals surface area contributed by atoms with Crippen molar-refractivity contribution in [1.29, 1.82) is 0 Å². The predicted octanol–water partition coefficient (Wildman–Crippen LogP) is 0.890. The molecular formula is C9H17NO2. The van der Waals surface area contributed by atoms with Crippen LogP contribution < -0.4 is 0 Å². The number of amides is 1. The number of carbonyl (C=O) groups is 1. The quantitative estimate of drug-likeness (QED) is 0.586. The molecule has 0 aromatic carbocycles. The van der Waals surface area contributed by atoms with Crippen molar-refractivity contribution in [3.05, 3.63) is 0 Å². The Morgan fingerprint density at radius 3 is 2.75 bits per heavy atom. The van der Waals surface area contributed by atoms with Crippen LogP contribution >= 0.6 is 0 Å². The maximum absolute atomic E-state index is 11.0. The van der Waals surface area contributed by atoms with Crippen molar-refractivity contribution in [1.82, 2.24) is 4.90 Å². The zero-order chi connectivity index (χ0) is 9.14. The second-order valence-corrected chi connectivity index (χ2v) is 3.51. The largest absolute Gasteiger partial charge is 0.379 e. The van der Waals surface area contributed by atoms with Crippen LogP contribution in [0, 0.1) is 5.92 Å². The van der Waals surface area contributed by atoms with Crippen molar-refractivity contribution < 1.29 is 9.53 Å². The predicted molar refractivity (Wildman–Crippen MR) is 46.8 cm³/mol. The van der Waals surface area contributed by atoms with Crippen LogP contribution in [-0.4, -0.2) is 37.1 Å². The van der Waals surface area contributed by atoms with Crippen molar-refractivity contribution in [3.63, 3.8) is 0 Å². The molecule has 0 spiro atoms. The van der Waals surface area contributed by atoms with Crippen LogP contribution in [-0.2, 0) is 9.53 Å². The van der Waals surface area contributed by atoms with Gasteiger partial charge in [-0.1, -0.05) is 6.92 Å². The first-order valence-electron chi connectivity index (χ1n) is 4.43. The normalized spacial score (nSPS) is 30.4. The van der Waals surface area contributed by atoms with E-state index in [1.54, 1.807) is 14.0 Å². The van der Waals surface area contributed by atoms with E-state index in [1.165, 1.54) is 0 Å². The van der Waals surface area contributed by atoms with Crippen molar-refractivity contribution in [2.45, 2.75) is 26.4 Å². The van der Waals surface area contributed by atoms with Crippen LogP contribution in [0.2, 0.25) is 0 Å². The third-order valence-corrected chi connectivity index (χ3v) is 2.64. The van der Waals surface area contributed by atoms with Gasteiger partial charge in [0.2, 0.25) is 5.91 Å². The van der Waals surface area contributed by atoms with Crippen molar-refractivity contribution in [3.8, 4) is 0 Å². The van der Waals surface area contributed by atoms with Gasteiger partial charge < -0.3 is 9.64 Å². The Labute approximate surface area is 73.7 Å². The summed E-state index contributed by atoms with van der Waals surface area (Å²) < 4.78 is 5.29. The second-order valence-electron chi connectivity index (χ2n) is 3.51. The number of hydrogen-bond acceptors (Lipinski definition) is 2. The van der Waals surface area contributed by atoms with Gasteiger partial charge in [0.25, 0.3) is 0 Å². The first-order valence-corrected chi connectivity index (χ1v) is 4.43. The summed E-state index contributed by atoms with van der Waals surface area (Å²) in [4.78, 5) is 12.9. The highest BCUT2D eigenvalue weighted by Crippen LogP contribution is 2.19. The van der Waals surface area contributed by atoms with Crippen LogP contribution in [0.4, 0.5) is 0 Å². The Bertz CT molecular complexity index is 170. The molecule has 1 saturated heterocycles. The number of ether oxygens (including phenoxy) is 1. The van der Waals surface area contributed by atoms with Crippen molar-refractivity contribution >= 4 is 5.91 Å². The van der Waals surface area contributed by atoms with Crippen molar-refractivity contribution in [2.24, 2.45) is 5.92 Å². The minimum Gasteiger partial charge on any atom is -0.379 e. The number of methoxy groups -OCH3 is 1. The molecule has 3 nitrogen and oxygen atoms in total. The minimum atomic E-state index is 0.156. The summed E-state index contributed by atoms with van der Waals surface area (Å²) in [5, 5.41) is 0. The lowest BCUT2D eigenvalue weighted by molar-refractivity contribution is -0.133. The molecule has 1 rings (SSSR count). The lowest BCUT2D eigenvalue weighted by Gasteiger charge is -2.35. The molecule has 1 unspecified atom stereocenters. The summed E-state index contributed by atoms with van der Waals surface area (Å²) in [7, 11) is 1.71. The Kier molecular flexibility index (Phi) is 3.09. The molecule has 1 amide bonds. The first kappa shape index (κ1) is 9.52. The Hall–Kier alpha value is -0.570. The standard InChI is InChI=1S/C9H17NO2/c1-7-4-5-10(8(2)11)6-9(7)12-3/h7,9H,4-6H2,1-3H3/t7-,9?/m1/s1. The molecule has 1 fully saturated rings. The summed E-state index contributed by atoms with van der Waals surface area (Å²) in [6.45, 7) is 5.43. The van der Waals surface area contributed by atoms with Gasteiger partial charge in [-0.3, -0.25) is 4.79 Å². The lowest BCUT2D eigenvalue weighted by Crippen LogP contribution is -2.45. The van der Waals surface area contributed by atoms with E-state index in [4.69, 9.17) is 4.74 Å². The van der Waals surface area contributed by atoms with Gasteiger partial charge in [-0.2, -0.15) is 0 Å². The third-order valence-electron chi connectivity index (χ3n) is 2.64. The molecule has 3 heteroatoms. The molecule has 0 aromatic heterocycles. The average molecular weight is 171 g/mol. The van der Waals surface area contributed by atoms with Crippen LogP contribution in [0.15, 0.2) is 0 Å². The maximum Gasteiger partial charge on any atom is 0.219 e. The number of carbonyl (C=O) groups excluding carboxylic acids is 1. The van der Waals surface area contributed by atoms with Gasteiger partial charge >= 0.3 is 0 Å². The Morgan fingerprint density at radius 2 is 2.25 bits per heavy atom. The number of hydrogen-bond donors (Lipinski definition) is 0. The van der Waals surface area contributed by atoms with Crippen molar-refractivity contribution in [2.75, 3.05) is 20.2 Å². The molecule has 0 radical (unpaired) electrons. The zero-order valence-electron chi connectivity index (χ0n) is 8.04. The highest BCUT2D eigenvalue weighted by atomic mass is 16.5. The van der Waals surface area contributed by atoms with E-state index >= 15 is 0 Å². The van der Waals surface area contributed by atoms with Crippen LogP contribution in [0.1, 0.15) is 20.3 Å². The summed E-state index contributed by atoms with van der Waals surface area (Å²) in [6.07, 6.45) is 1.28. The zero-order valence-corrected chi connectivity index (χ0v) is 8.04. The first-order chi connectivity index (χ1) is 5.65. The van der Waals surface area contributed by atoms with Gasteiger partial charge in [0.05, 0.1) is 6.10 Å². The number of rotatable bonds is 1.